The van der Waals surface area contributed by atoms with Crippen molar-refractivity contribution in [2.45, 2.75) is 135 Å². The molecule has 0 bridgehead atoms. The first-order chi connectivity index (χ1) is 26.5. The van der Waals surface area contributed by atoms with Crippen molar-refractivity contribution in [3.63, 3.8) is 0 Å². The van der Waals surface area contributed by atoms with E-state index in [1.54, 1.807) is 12.1 Å². The molecular formula is C45H61FN2O6Si2. The molecule has 1 aliphatic heterocycles. The molecule has 56 heavy (non-hydrogen) atoms. The third-order valence-corrected chi connectivity index (χ3v) is 21.5. The van der Waals surface area contributed by atoms with Crippen molar-refractivity contribution in [1.82, 2.24) is 4.57 Å². The van der Waals surface area contributed by atoms with E-state index in [1.807, 2.05) is 60.7 Å². The number of carbonyl (C=O) groups is 2. The maximum absolute atomic E-state index is 14.6. The van der Waals surface area contributed by atoms with Gasteiger partial charge in [-0.2, -0.15) is 0 Å². The Balaban J connectivity index is 1.71. The van der Waals surface area contributed by atoms with E-state index >= 15 is 0 Å². The number of para-hydroxylation sites is 1. The van der Waals surface area contributed by atoms with Crippen LogP contribution in [0, 0.1) is 5.82 Å². The van der Waals surface area contributed by atoms with Crippen molar-refractivity contribution in [1.29, 1.82) is 0 Å². The number of benzene rings is 3. The SMILES string of the molecule is CC(C)c1c(C(=O)Nc2ccccc2)c(-c2ccccc2)c(-c2ccc(F)cc2)n1CC[C@@H]1C[C@H](CC(=O)O)O[Si](C(C)C)(C(C)C)O[Si](C(C)C)(C(C)C)O1. The Morgan fingerprint density at radius 1 is 0.750 bits per heavy atom. The van der Waals surface area contributed by atoms with Crippen LogP contribution >= 0.6 is 0 Å². The van der Waals surface area contributed by atoms with Gasteiger partial charge in [0.1, 0.15) is 5.82 Å². The fraction of sp³-hybridized carbons (Fsp3) is 0.467. The number of anilines is 1. The molecule has 302 valence electrons. The molecule has 8 nitrogen and oxygen atoms in total. The molecule has 1 aliphatic rings. The number of amides is 1. The maximum Gasteiger partial charge on any atom is 0.334 e. The van der Waals surface area contributed by atoms with Crippen LogP contribution in [0.3, 0.4) is 0 Å². The quantitative estimate of drug-likeness (QED) is 0.123. The average Bonchev–Trinajstić information content (AvgIpc) is 3.48. The molecular weight excluding hydrogens is 740 g/mol. The van der Waals surface area contributed by atoms with Crippen LogP contribution < -0.4 is 5.32 Å². The minimum atomic E-state index is -3.02. The van der Waals surface area contributed by atoms with Crippen LogP contribution in [0.4, 0.5) is 10.1 Å². The molecule has 4 aromatic rings. The lowest BCUT2D eigenvalue weighted by molar-refractivity contribution is -0.139. The van der Waals surface area contributed by atoms with Crippen molar-refractivity contribution < 1.29 is 32.1 Å². The Bertz CT molecular complexity index is 1910. The smallest absolute Gasteiger partial charge is 0.334 e. The highest BCUT2D eigenvalue weighted by atomic mass is 28.5. The highest BCUT2D eigenvalue weighted by molar-refractivity contribution is 6.84. The van der Waals surface area contributed by atoms with Gasteiger partial charge in [0.2, 0.25) is 0 Å². The molecule has 2 heterocycles. The monoisotopic (exact) mass is 800 g/mol. The van der Waals surface area contributed by atoms with E-state index in [9.17, 15) is 19.1 Å². The zero-order valence-corrected chi connectivity index (χ0v) is 36.8. The van der Waals surface area contributed by atoms with Crippen LogP contribution in [0.1, 0.15) is 110 Å². The van der Waals surface area contributed by atoms with E-state index in [4.69, 9.17) is 13.0 Å². The van der Waals surface area contributed by atoms with Crippen LogP contribution in [-0.4, -0.2) is 50.9 Å². The summed E-state index contributed by atoms with van der Waals surface area (Å²) in [4.78, 5) is 27.0. The molecule has 3 aromatic carbocycles. The number of aromatic nitrogens is 1. The second-order valence-electron chi connectivity index (χ2n) is 16.7. The minimum Gasteiger partial charge on any atom is -0.481 e. The number of nitrogens with zero attached hydrogens (tertiary/aromatic N) is 1. The number of hydrogen-bond acceptors (Lipinski definition) is 5. The minimum absolute atomic E-state index is 0.0759. The molecule has 0 radical (unpaired) electrons. The summed E-state index contributed by atoms with van der Waals surface area (Å²) >= 11 is 0. The Kier molecular flexibility index (Phi) is 14.0. The third kappa shape index (κ3) is 9.13. The van der Waals surface area contributed by atoms with Gasteiger partial charge in [-0.1, -0.05) is 118 Å². The van der Waals surface area contributed by atoms with Gasteiger partial charge < -0.3 is 28.0 Å². The van der Waals surface area contributed by atoms with Crippen LogP contribution in [0.2, 0.25) is 22.2 Å². The van der Waals surface area contributed by atoms with Crippen molar-refractivity contribution in [3.8, 4) is 22.4 Å². The second kappa shape index (κ2) is 18.1. The van der Waals surface area contributed by atoms with Crippen LogP contribution in [0.5, 0.6) is 0 Å². The summed E-state index contributed by atoms with van der Waals surface area (Å²) in [6.07, 6.45) is -0.245. The molecule has 5 rings (SSSR count). The summed E-state index contributed by atoms with van der Waals surface area (Å²) in [7, 11) is -6.02. The molecule has 0 unspecified atom stereocenters. The summed E-state index contributed by atoms with van der Waals surface area (Å²) in [5, 5.41) is 13.3. The first-order valence-corrected chi connectivity index (χ1v) is 24.2. The predicted octanol–water partition coefficient (Wildman–Crippen LogP) is 11.9. The molecule has 2 atom stereocenters. The van der Waals surface area contributed by atoms with Gasteiger partial charge in [-0.15, -0.1) is 0 Å². The molecule has 2 N–H and O–H groups in total. The number of halogens is 1. The van der Waals surface area contributed by atoms with Crippen molar-refractivity contribution >= 4 is 34.7 Å². The lowest BCUT2D eigenvalue weighted by atomic mass is 9.94. The van der Waals surface area contributed by atoms with E-state index < -0.39 is 35.3 Å². The van der Waals surface area contributed by atoms with Crippen LogP contribution in [-0.2, 0) is 24.3 Å². The zero-order chi connectivity index (χ0) is 40.9. The van der Waals surface area contributed by atoms with E-state index in [0.717, 1.165) is 28.1 Å². The van der Waals surface area contributed by atoms with E-state index in [0.29, 0.717) is 30.6 Å². The Morgan fingerprint density at radius 2 is 1.27 bits per heavy atom. The number of carbonyl (C=O) groups excluding carboxylic acids is 1. The van der Waals surface area contributed by atoms with Crippen molar-refractivity contribution in [2.75, 3.05) is 5.32 Å². The lowest BCUT2D eigenvalue weighted by Crippen LogP contribution is -2.64. The number of nitrogens with one attached hydrogen (secondary N) is 1. The maximum atomic E-state index is 14.6. The summed E-state index contributed by atoms with van der Waals surface area (Å²) < 4.78 is 38.7. The number of carboxylic acid groups (broad SMARTS) is 1. The molecule has 11 heteroatoms. The normalized spacial score (nSPS) is 18.4. The lowest BCUT2D eigenvalue weighted by Gasteiger charge is -2.52. The number of aliphatic carboxylic acids is 1. The van der Waals surface area contributed by atoms with E-state index in [1.165, 1.54) is 12.1 Å². The largest absolute Gasteiger partial charge is 0.481 e. The van der Waals surface area contributed by atoms with Crippen LogP contribution in [0.15, 0.2) is 84.9 Å². The first-order valence-electron chi connectivity index (χ1n) is 20.2. The fourth-order valence-corrected chi connectivity index (χ4v) is 19.9. The number of hydrogen-bond donors (Lipinski definition) is 2. The molecule has 1 fully saturated rings. The third-order valence-electron chi connectivity index (χ3n) is 11.1. The van der Waals surface area contributed by atoms with Gasteiger partial charge in [0.15, 0.2) is 0 Å². The topological polar surface area (TPSA) is 99.0 Å². The summed E-state index contributed by atoms with van der Waals surface area (Å²) in [5.41, 5.74) is 5.64. The number of rotatable bonds is 14. The van der Waals surface area contributed by atoms with Gasteiger partial charge in [-0.25, -0.2) is 4.39 Å². The molecule has 1 saturated heterocycles. The predicted molar refractivity (Wildman–Crippen MR) is 228 cm³/mol. The summed E-state index contributed by atoms with van der Waals surface area (Å²) in [6.45, 7) is 21.9. The van der Waals surface area contributed by atoms with Gasteiger partial charge >= 0.3 is 23.1 Å². The average molecular weight is 801 g/mol. The highest BCUT2D eigenvalue weighted by Gasteiger charge is 2.59. The molecule has 0 saturated carbocycles. The van der Waals surface area contributed by atoms with Gasteiger partial charge in [-0.05, 0) is 88.4 Å². The fourth-order valence-electron chi connectivity index (χ4n) is 8.53. The second-order valence-corrected chi connectivity index (χ2v) is 25.5. The Morgan fingerprint density at radius 3 is 1.77 bits per heavy atom. The molecule has 0 spiro atoms. The molecule has 1 aromatic heterocycles. The van der Waals surface area contributed by atoms with Gasteiger partial charge in [0.05, 0.1) is 29.9 Å². The van der Waals surface area contributed by atoms with E-state index in [2.05, 4.69) is 79.1 Å². The molecule has 0 aliphatic carbocycles. The van der Waals surface area contributed by atoms with Crippen molar-refractivity contribution in [3.05, 3.63) is 102 Å². The molecule has 1 amide bonds. The van der Waals surface area contributed by atoms with Gasteiger partial charge in [-0.3, -0.25) is 9.59 Å². The van der Waals surface area contributed by atoms with Gasteiger partial charge in [0.25, 0.3) is 5.91 Å². The summed E-state index contributed by atoms with van der Waals surface area (Å²) in [5.74, 6) is -1.59. The highest BCUT2D eigenvalue weighted by Crippen LogP contribution is 2.48. The van der Waals surface area contributed by atoms with Crippen LogP contribution in [0.25, 0.3) is 22.4 Å². The van der Waals surface area contributed by atoms with Crippen molar-refractivity contribution in [2.24, 2.45) is 0 Å². The summed E-state index contributed by atoms with van der Waals surface area (Å²) in [6, 6.07) is 25.7. The first kappa shape index (κ1) is 43.3. The Labute approximate surface area is 335 Å². The zero-order valence-electron chi connectivity index (χ0n) is 34.8. The number of carboxylic acids is 1. The van der Waals surface area contributed by atoms with Gasteiger partial charge in [0, 0.05) is 23.5 Å². The standard InChI is InChI=1S/C45H61FN2O6Si2/c1-29(2)43-42(45(51)47-37-19-15-12-16-20-37)41(34-17-13-11-14-18-34)44(35-21-23-36(46)24-22-35)48(43)26-25-38-27-39(28-40(49)50)53-56(32(7)8,33(9)10)54-55(52-38,30(3)4)31(5)6/h11-24,29-33,38-39H,25-28H2,1-10H3,(H,47,51)(H,49,50)/t38-,39-/m1/s1. The Hall–Kier alpha value is -3.88. The van der Waals surface area contributed by atoms with E-state index in [-0.39, 0.29) is 46.2 Å².